The molecule has 28 heavy (non-hydrogen) atoms. The van der Waals surface area contributed by atoms with Crippen LogP contribution < -0.4 is 11.3 Å². The first-order valence-electron chi connectivity index (χ1n) is 7.92. The number of aromatic amines is 1. The van der Waals surface area contributed by atoms with Gasteiger partial charge in [0.1, 0.15) is 17.9 Å². The molecular formula is C17H11BrF2N6O2. The molecule has 0 bridgehead atoms. The number of H-pyrrole nitrogens is 1. The third-order valence-electron chi connectivity index (χ3n) is 4.04. The summed E-state index contributed by atoms with van der Waals surface area (Å²) in [6, 6.07) is 3.42. The second kappa shape index (κ2) is 6.68. The highest BCUT2D eigenvalue weighted by molar-refractivity contribution is 9.10. The molecule has 0 atom stereocenters. The fourth-order valence-corrected chi connectivity index (χ4v) is 3.39. The number of hydrogen-bond acceptors (Lipinski definition) is 4. The SMILES string of the molecule is NC(=O)Cn1cc(-c2nn(-c3c(F)cccc3F)c3c(Br)c[nH]c(=O)c23)cn1. The van der Waals surface area contributed by atoms with Crippen molar-refractivity contribution in [2.45, 2.75) is 6.54 Å². The maximum atomic E-state index is 14.4. The number of carbonyl (C=O) groups is 1. The van der Waals surface area contributed by atoms with Crippen LogP contribution in [0.2, 0.25) is 0 Å². The summed E-state index contributed by atoms with van der Waals surface area (Å²) in [5, 5.41) is 8.39. The highest BCUT2D eigenvalue weighted by Crippen LogP contribution is 2.32. The average Bonchev–Trinajstić information content (AvgIpc) is 3.23. The van der Waals surface area contributed by atoms with Crippen LogP contribution in [-0.2, 0) is 11.3 Å². The minimum atomic E-state index is -0.840. The molecule has 1 amide bonds. The molecule has 4 rings (SSSR count). The zero-order valence-electron chi connectivity index (χ0n) is 14.0. The highest BCUT2D eigenvalue weighted by Gasteiger charge is 2.23. The van der Waals surface area contributed by atoms with Gasteiger partial charge in [0.25, 0.3) is 5.56 Å². The zero-order valence-corrected chi connectivity index (χ0v) is 15.6. The molecule has 0 fully saturated rings. The van der Waals surface area contributed by atoms with Gasteiger partial charge in [0, 0.05) is 18.0 Å². The lowest BCUT2D eigenvalue weighted by Crippen LogP contribution is -2.18. The summed E-state index contributed by atoms with van der Waals surface area (Å²) in [5.41, 5.74) is 4.95. The van der Waals surface area contributed by atoms with Crippen molar-refractivity contribution in [2.24, 2.45) is 5.73 Å². The van der Waals surface area contributed by atoms with Crippen molar-refractivity contribution < 1.29 is 13.6 Å². The van der Waals surface area contributed by atoms with Gasteiger partial charge >= 0.3 is 0 Å². The monoisotopic (exact) mass is 448 g/mol. The lowest BCUT2D eigenvalue weighted by Gasteiger charge is -2.07. The number of carbonyl (C=O) groups excluding carboxylic acids is 1. The molecule has 0 aliphatic rings. The van der Waals surface area contributed by atoms with Gasteiger partial charge in [0.2, 0.25) is 5.91 Å². The van der Waals surface area contributed by atoms with Gasteiger partial charge in [-0.2, -0.15) is 10.2 Å². The Morgan fingerprint density at radius 1 is 1.29 bits per heavy atom. The molecule has 11 heteroatoms. The number of primary amides is 1. The third-order valence-corrected chi connectivity index (χ3v) is 4.65. The van der Waals surface area contributed by atoms with E-state index in [0.29, 0.717) is 10.0 Å². The first kappa shape index (κ1) is 18.0. The van der Waals surface area contributed by atoms with E-state index in [1.54, 1.807) is 0 Å². The van der Waals surface area contributed by atoms with Gasteiger partial charge in [0.05, 0.1) is 21.6 Å². The Morgan fingerprint density at radius 3 is 2.68 bits per heavy atom. The van der Waals surface area contributed by atoms with Crippen LogP contribution in [0.4, 0.5) is 8.78 Å². The second-order valence-electron chi connectivity index (χ2n) is 5.91. The maximum Gasteiger partial charge on any atom is 0.259 e. The molecule has 0 aliphatic carbocycles. The Bertz CT molecular complexity index is 1270. The third kappa shape index (κ3) is 2.89. The van der Waals surface area contributed by atoms with E-state index in [4.69, 9.17) is 5.73 Å². The van der Waals surface area contributed by atoms with Gasteiger partial charge in [-0.15, -0.1) is 0 Å². The quantitative estimate of drug-likeness (QED) is 0.497. The Morgan fingerprint density at radius 2 is 2.00 bits per heavy atom. The van der Waals surface area contributed by atoms with Crippen molar-refractivity contribution in [3.63, 3.8) is 0 Å². The molecule has 3 N–H and O–H groups in total. The lowest BCUT2D eigenvalue weighted by atomic mass is 10.2. The molecule has 142 valence electrons. The van der Waals surface area contributed by atoms with Crippen LogP contribution in [0.3, 0.4) is 0 Å². The molecule has 4 aromatic rings. The number of benzene rings is 1. The van der Waals surface area contributed by atoms with E-state index >= 15 is 0 Å². The number of nitrogens with zero attached hydrogens (tertiary/aromatic N) is 4. The lowest BCUT2D eigenvalue weighted by molar-refractivity contribution is -0.118. The van der Waals surface area contributed by atoms with Crippen molar-refractivity contribution in [1.29, 1.82) is 0 Å². The molecule has 0 saturated heterocycles. The molecule has 0 radical (unpaired) electrons. The summed E-state index contributed by atoms with van der Waals surface area (Å²) in [6.07, 6.45) is 4.21. The number of fused-ring (bicyclic) bond motifs is 1. The van der Waals surface area contributed by atoms with Crippen LogP contribution in [0.1, 0.15) is 0 Å². The summed E-state index contributed by atoms with van der Waals surface area (Å²) in [5.74, 6) is -2.28. The molecule has 3 heterocycles. The summed E-state index contributed by atoms with van der Waals surface area (Å²) in [4.78, 5) is 26.1. The minimum absolute atomic E-state index is 0.107. The van der Waals surface area contributed by atoms with Crippen molar-refractivity contribution in [1.82, 2.24) is 24.5 Å². The molecular weight excluding hydrogens is 438 g/mol. The van der Waals surface area contributed by atoms with Crippen LogP contribution in [0, 0.1) is 11.6 Å². The predicted octanol–water partition coefficient (Wildman–Crippen LogP) is 2.10. The number of nitrogens with two attached hydrogens (primary N) is 1. The van der Waals surface area contributed by atoms with E-state index < -0.39 is 28.8 Å². The van der Waals surface area contributed by atoms with Crippen molar-refractivity contribution in [2.75, 3.05) is 0 Å². The van der Waals surface area contributed by atoms with E-state index in [2.05, 4.69) is 31.1 Å². The first-order chi connectivity index (χ1) is 13.4. The highest BCUT2D eigenvalue weighted by atomic mass is 79.9. The molecule has 0 aliphatic heterocycles. The fourth-order valence-electron chi connectivity index (χ4n) is 2.91. The van der Waals surface area contributed by atoms with Gasteiger partial charge < -0.3 is 10.7 Å². The van der Waals surface area contributed by atoms with Gasteiger partial charge in [-0.25, -0.2) is 13.5 Å². The number of hydrogen-bond donors (Lipinski definition) is 2. The van der Waals surface area contributed by atoms with Gasteiger partial charge in [0.15, 0.2) is 11.6 Å². The normalized spacial score (nSPS) is 11.2. The molecule has 3 aromatic heterocycles. The first-order valence-corrected chi connectivity index (χ1v) is 8.71. The zero-order chi connectivity index (χ0) is 20.0. The Labute approximate surface area is 163 Å². The Kier molecular flexibility index (Phi) is 4.30. The van der Waals surface area contributed by atoms with Crippen molar-refractivity contribution >= 4 is 32.7 Å². The summed E-state index contributed by atoms with van der Waals surface area (Å²) < 4.78 is 31.5. The van der Waals surface area contributed by atoms with E-state index in [0.717, 1.165) is 16.8 Å². The van der Waals surface area contributed by atoms with Gasteiger partial charge in [-0.1, -0.05) is 6.07 Å². The molecule has 1 aromatic carbocycles. The maximum absolute atomic E-state index is 14.4. The van der Waals surface area contributed by atoms with Crippen molar-refractivity contribution in [3.05, 3.63) is 63.3 Å². The van der Waals surface area contributed by atoms with Crippen LogP contribution in [0.25, 0.3) is 27.8 Å². The van der Waals surface area contributed by atoms with Crippen molar-refractivity contribution in [3.8, 4) is 16.9 Å². The standard InChI is InChI=1S/C17H11BrF2N6O2/c18-9-5-22-17(28)13-14(8-4-23-25(6-8)7-12(21)27)24-26(15(9)13)16-10(19)2-1-3-11(16)20/h1-6H,7H2,(H2,21,27)(H,22,28). The molecule has 0 unspecified atom stereocenters. The summed E-state index contributed by atoms with van der Waals surface area (Å²) in [6.45, 7) is -0.166. The van der Waals surface area contributed by atoms with Gasteiger partial charge in [-0.05, 0) is 28.1 Å². The molecule has 0 saturated carbocycles. The number of rotatable bonds is 4. The van der Waals surface area contributed by atoms with E-state index in [1.807, 2.05) is 0 Å². The van der Waals surface area contributed by atoms with Crippen LogP contribution in [0.5, 0.6) is 0 Å². The van der Waals surface area contributed by atoms with Crippen LogP contribution in [0.15, 0.2) is 46.1 Å². The smallest absolute Gasteiger partial charge is 0.259 e. The number of amides is 1. The topological polar surface area (TPSA) is 112 Å². The number of pyridine rings is 1. The van der Waals surface area contributed by atoms with E-state index in [-0.39, 0.29) is 23.1 Å². The number of aromatic nitrogens is 5. The number of nitrogens with one attached hydrogen (secondary N) is 1. The summed E-state index contributed by atoms with van der Waals surface area (Å²) >= 11 is 3.29. The minimum Gasteiger partial charge on any atom is -0.368 e. The van der Waals surface area contributed by atoms with Crippen LogP contribution >= 0.6 is 15.9 Å². The van der Waals surface area contributed by atoms with Crippen LogP contribution in [-0.4, -0.2) is 30.5 Å². The second-order valence-corrected chi connectivity index (χ2v) is 6.77. The number of halogens is 3. The largest absolute Gasteiger partial charge is 0.368 e. The van der Waals surface area contributed by atoms with E-state index in [1.165, 1.54) is 29.3 Å². The molecule has 8 nitrogen and oxygen atoms in total. The average molecular weight is 449 g/mol. The summed E-state index contributed by atoms with van der Waals surface area (Å²) in [7, 11) is 0. The predicted molar refractivity (Wildman–Crippen MR) is 99.7 cm³/mol. The van der Waals surface area contributed by atoms with Gasteiger partial charge in [-0.3, -0.25) is 14.3 Å². The van der Waals surface area contributed by atoms with E-state index in [9.17, 15) is 18.4 Å². The number of para-hydroxylation sites is 1. The Hall–Kier alpha value is -3.34. The molecule has 0 spiro atoms. The fraction of sp³-hybridized carbons (Fsp3) is 0.0588. The Balaban J connectivity index is 2.04.